The molecule has 0 bridgehead atoms. The largest absolute Gasteiger partial charge is 0.381 e. The molecule has 1 saturated heterocycles. The number of hydrogen-bond acceptors (Lipinski definition) is 3. The highest BCUT2D eigenvalue weighted by atomic mass is 32.1. The molecule has 0 unspecified atom stereocenters. The maximum Gasteiger partial charge on any atom is 0.0595 e. The molecule has 1 aliphatic heterocycles. The van der Waals surface area contributed by atoms with Crippen LogP contribution in [0.5, 0.6) is 0 Å². The molecule has 1 aromatic heterocycles. The Hall–Kier alpha value is -0.380. The molecule has 2 heterocycles. The second kappa shape index (κ2) is 5.10. The van der Waals surface area contributed by atoms with Crippen molar-refractivity contribution in [3.63, 3.8) is 0 Å². The topological polar surface area (TPSA) is 12.5 Å². The van der Waals surface area contributed by atoms with Crippen LogP contribution in [0.3, 0.4) is 0 Å². The fraction of sp³-hybridized carbons (Fsp3) is 0.667. The van der Waals surface area contributed by atoms with E-state index in [0.29, 0.717) is 6.10 Å². The number of thiophene rings is 1. The van der Waals surface area contributed by atoms with Gasteiger partial charge in [0, 0.05) is 36.5 Å². The summed E-state index contributed by atoms with van der Waals surface area (Å²) in [7, 11) is 1.82. The van der Waals surface area contributed by atoms with Gasteiger partial charge in [-0.05, 0) is 31.9 Å². The van der Waals surface area contributed by atoms with Crippen LogP contribution in [0, 0.1) is 6.92 Å². The lowest BCUT2D eigenvalue weighted by Gasteiger charge is -2.30. The van der Waals surface area contributed by atoms with Crippen molar-refractivity contribution in [2.45, 2.75) is 32.4 Å². The number of methoxy groups -OCH3 is 1. The maximum absolute atomic E-state index is 5.37. The molecule has 2 nitrogen and oxygen atoms in total. The van der Waals surface area contributed by atoms with Crippen molar-refractivity contribution in [2.75, 3.05) is 20.2 Å². The van der Waals surface area contributed by atoms with E-state index in [0.717, 1.165) is 6.54 Å². The summed E-state index contributed by atoms with van der Waals surface area (Å²) < 4.78 is 5.37. The van der Waals surface area contributed by atoms with Crippen molar-refractivity contribution in [1.82, 2.24) is 4.90 Å². The first-order valence-corrected chi connectivity index (χ1v) is 6.40. The number of nitrogens with zero attached hydrogens (tertiary/aromatic N) is 1. The van der Waals surface area contributed by atoms with Gasteiger partial charge in [-0.2, -0.15) is 0 Å². The highest BCUT2D eigenvalue weighted by Crippen LogP contribution is 2.20. The molecule has 84 valence electrons. The van der Waals surface area contributed by atoms with Gasteiger partial charge in [0.15, 0.2) is 0 Å². The molecular formula is C12H19NOS. The van der Waals surface area contributed by atoms with E-state index in [1.165, 1.54) is 35.7 Å². The molecule has 0 radical (unpaired) electrons. The zero-order valence-corrected chi connectivity index (χ0v) is 10.3. The highest BCUT2D eigenvalue weighted by Gasteiger charge is 2.18. The van der Waals surface area contributed by atoms with E-state index >= 15 is 0 Å². The van der Waals surface area contributed by atoms with Gasteiger partial charge in [-0.25, -0.2) is 0 Å². The molecule has 0 aliphatic carbocycles. The number of ether oxygens (including phenoxy) is 1. The molecule has 1 fully saturated rings. The van der Waals surface area contributed by atoms with Crippen molar-refractivity contribution in [2.24, 2.45) is 0 Å². The van der Waals surface area contributed by atoms with Gasteiger partial charge in [0.05, 0.1) is 6.10 Å². The first kappa shape index (κ1) is 11.1. The lowest BCUT2D eigenvalue weighted by atomic mass is 10.1. The van der Waals surface area contributed by atoms with E-state index < -0.39 is 0 Å². The summed E-state index contributed by atoms with van der Waals surface area (Å²) in [5.74, 6) is 0. The number of rotatable bonds is 3. The van der Waals surface area contributed by atoms with Crippen molar-refractivity contribution in [1.29, 1.82) is 0 Å². The van der Waals surface area contributed by atoms with Gasteiger partial charge in [-0.3, -0.25) is 4.90 Å². The molecule has 1 aromatic rings. The molecule has 0 aromatic carbocycles. The zero-order valence-electron chi connectivity index (χ0n) is 9.53. The fourth-order valence-electron chi connectivity index (χ4n) is 2.09. The smallest absolute Gasteiger partial charge is 0.0595 e. The third-order valence-corrected chi connectivity index (χ3v) is 4.03. The summed E-state index contributed by atoms with van der Waals surface area (Å²) >= 11 is 1.92. The predicted molar refractivity (Wildman–Crippen MR) is 64.4 cm³/mol. The average Bonchev–Trinajstić information content (AvgIpc) is 2.65. The number of piperidine rings is 1. The Labute approximate surface area is 95.9 Å². The zero-order chi connectivity index (χ0) is 10.7. The molecule has 0 amide bonds. The molecule has 0 N–H and O–H groups in total. The van der Waals surface area contributed by atoms with Crippen molar-refractivity contribution in [3.8, 4) is 0 Å². The molecule has 2 rings (SSSR count). The minimum atomic E-state index is 0.492. The summed E-state index contributed by atoms with van der Waals surface area (Å²) in [6.07, 6.45) is 2.85. The van der Waals surface area contributed by atoms with Crippen LogP contribution < -0.4 is 0 Å². The molecular weight excluding hydrogens is 206 g/mol. The second-order valence-corrected chi connectivity index (χ2v) is 5.60. The Kier molecular flexibility index (Phi) is 3.78. The molecule has 15 heavy (non-hydrogen) atoms. The lowest BCUT2D eigenvalue weighted by molar-refractivity contribution is 0.0391. The molecule has 0 atom stereocenters. The molecule has 0 saturated carbocycles. The van der Waals surface area contributed by atoms with E-state index in [2.05, 4.69) is 24.0 Å². The first-order valence-electron chi connectivity index (χ1n) is 5.58. The van der Waals surface area contributed by atoms with Crippen LogP contribution in [0.2, 0.25) is 0 Å². The standard InChI is InChI=1S/C12H19NOS/c1-10-3-4-12(15-10)9-13-7-5-11(14-2)6-8-13/h3-4,11H,5-9H2,1-2H3. The number of likely N-dealkylation sites (tertiary alicyclic amines) is 1. The Bertz CT molecular complexity index is 302. The Morgan fingerprint density at radius 1 is 1.40 bits per heavy atom. The van der Waals surface area contributed by atoms with Gasteiger partial charge in [-0.15, -0.1) is 11.3 Å². The van der Waals surface area contributed by atoms with E-state index in [1.54, 1.807) is 0 Å². The van der Waals surface area contributed by atoms with E-state index in [9.17, 15) is 0 Å². The van der Waals surface area contributed by atoms with Gasteiger partial charge >= 0.3 is 0 Å². The summed E-state index contributed by atoms with van der Waals surface area (Å²) in [6.45, 7) is 5.64. The quantitative estimate of drug-likeness (QED) is 0.784. The Morgan fingerprint density at radius 3 is 2.67 bits per heavy atom. The second-order valence-electron chi connectivity index (χ2n) is 4.22. The Morgan fingerprint density at radius 2 is 2.13 bits per heavy atom. The highest BCUT2D eigenvalue weighted by molar-refractivity contribution is 7.11. The van der Waals surface area contributed by atoms with E-state index in [4.69, 9.17) is 4.74 Å². The van der Waals surface area contributed by atoms with Crippen molar-refractivity contribution in [3.05, 3.63) is 21.9 Å². The van der Waals surface area contributed by atoms with Gasteiger partial charge in [-0.1, -0.05) is 0 Å². The summed E-state index contributed by atoms with van der Waals surface area (Å²) in [5.41, 5.74) is 0. The van der Waals surface area contributed by atoms with Crippen LogP contribution in [0.1, 0.15) is 22.6 Å². The predicted octanol–water partition coefficient (Wildman–Crippen LogP) is 2.67. The minimum Gasteiger partial charge on any atom is -0.381 e. The fourth-order valence-corrected chi connectivity index (χ4v) is 3.03. The van der Waals surface area contributed by atoms with Gasteiger partial charge in [0.25, 0.3) is 0 Å². The van der Waals surface area contributed by atoms with Crippen molar-refractivity contribution >= 4 is 11.3 Å². The third kappa shape index (κ3) is 3.03. The van der Waals surface area contributed by atoms with Crippen LogP contribution in [0.4, 0.5) is 0 Å². The van der Waals surface area contributed by atoms with Crippen LogP contribution in [-0.2, 0) is 11.3 Å². The number of aryl methyl sites for hydroxylation is 1. The van der Waals surface area contributed by atoms with Crippen LogP contribution >= 0.6 is 11.3 Å². The molecule has 0 spiro atoms. The Balaban J connectivity index is 1.82. The van der Waals surface area contributed by atoms with Crippen LogP contribution in [-0.4, -0.2) is 31.2 Å². The normalized spacial score (nSPS) is 19.6. The summed E-state index contributed by atoms with van der Waals surface area (Å²) in [5, 5.41) is 0. The summed E-state index contributed by atoms with van der Waals surface area (Å²) in [6, 6.07) is 4.46. The van der Waals surface area contributed by atoms with Gasteiger partial charge in [0.2, 0.25) is 0 Å². The van der Waals surface area contributed by atoms with Gasteiger partial charge < -0.3 is 4.74 Å². The lowest BCUT2D eigenvalue weighted by Crippen LogP contribution is -2.35. The molecule has 3 heteroatoms. The SMILES string of the molecule is COC1CCN(Cc2ccc(C)s2)CC1. The van der Waals surface area contributed by atoms with Crippen LogP contribution in [0.15, 0.2) is 12.1 Å². The minimum absolute atomic E-state index is 0.492. The summed E-state index contributed by atoms with van der Waals surface area (Å²) in [4.78, 5) is 5.43. The van der Waals surface area contributed by atoms with Crippen molar-refractivity contribution < 1.29 is 4.74 Å². The maximum atomic E-state index is 5.37. The monoisotopic (exact) mass is 225 g/mol. The van der Waals surface area contributed by atoms with E-state index in [1.807, 2.05) is 18.4 Å². The van der Waals surface area contributed by atoms with Crippen LogP contribution in [0.25, 0.3) is 0 Å². The van der Waals surface area contributed by atoms with Gasteiger partial charge in [0.1, 0.15) is 0 Å². The average molecular weight is 225 g/mol. The number of hydrogen-bond donors (Lipinski definition) is 0. The third-order valence-electron chi connectivity index (χ3n) is 3.04. The van der Waals surface area contributed by atoms with E-state index in [-0.39, 0.29) is 0 Å². The molecule has 1 aliphatic rings. The first-order chi connectivity index (χ1) is 7.28.